The van der Waals surface area contributed by atoms with Gasteiger partial charge in [-0.25, -0.2) is 4.79 Å². The Hall–Kier alpha value is -2.52. The molecule has 1 aromatic carbocycles. The minimum absolute atomic E-state index is 0.251. The number of aromatic carboxylic acids is 1. The van der Waals surface area contributed by atoms with Crippen molar-refractivity contribution in [3.8, 4) is 6.07 Å². The zero-order valence-corrected chi connectivity index (χ0v) is 14.7. The highest BCUT2D eigenvalue weighted by Gasteiger charge is 2.20. The van der Waals surface area contributed by atoms with Gasteiger partial charge in [-0.05, 0) is 67.0 Å². The van der Waals surface area contributed by atoms with E-state index in [1.54, 1.807) is 12.1 Å². The van der Waals surface area contributed by atoms with Gasteiger partial charge in [0.25, 0.3) is 5.56 Å². The molecule has 2 aromatic rings. The van der Waals surface area contributed by atoms with Crippen LogP contribution in [0.15, 0.2) is 28.0 Å². The number of nitriles is 1. The molecule has 1 aliphatic rings. The van der Waals surface area contributed by atoms with Gasteiger partial charge >= 0.3 is 5.97 Å². The molecule has 1 aliphatic carbocycles. The molecule has 0 radical (unpaired) electrons. The van der Waals surface area contributed by atoms with Crippen LogP contribution in [0.2, 0.25) is 0 Å². The molecule has 0 unspecified atom stereocenters. The summed E-state index contributed by atoms with van der Waals surface area (Å²) in [6.45, 7) is 1.89. The van der Waals surface area contributed by atoms with E-state index in [1.165, 1.54) is 11.8 Å². The lowest BCUT2D eigenvalue weighted by molar-refractivity contribution is 0.0697. The number of thioether (sulfide) groups is 1. The SMILES string of the molecule is Cc1cc(C(=O)O)ccc1CSc1[nH]c(=O)c(C#N)c2c1CCCC2. The molecule has 0 spiro atoms. The zero-order chi connectivity index (χ0) is 18.0. The number of benzene rings is 1. The van der Waals surface area contributed by atoms with Crippen LogP contribution in [0.5, 0.6) is 0 Å². The molecule has 0 saturated carbocycles. The topological polar surface area (TPSA) is 93.9 Å². The van der Waals surface area contributed by atoms with Gasteiger partial charge in [-0.2, -0.15) is 5.26 Å². The summed E-state index contributed by atoms with van der Waals surface area (Å²) >= 11 is 1.54. The smallest absolute Gasteiger partial charge is 0.335 e. The fourth-order valence-corrected chi connectivity index (χ4v) is 4.38. The molecule has 1 aromatic heterocycles. The molecule has 0 atom stereocenters. The van der Waals surface area contributed by atoms with E-state index in [1.807, 2.05) is 19.1 Å². The number of fused-ring (bicyclic) bond motifs is 1. The first-order chi connectivity index (χ1) is 12.0. The van der Waals surface area contributed by atoms with E-state index >= 15 is 0 Å². The highest BCUT2D eigenvalue weighted by atomic mass is 32.2. The van der Waals surface area contributed by atoms with Gasteiger partial charge in [-0.1, -0.05) is 6.07 Å². The maximum absolute atomic E-state index is 12.2. The van der Waals surface area contributed by atoms with Crippen molar-refractivity contribution in [2.75, 3.05) is 0 Å². The molecular formula is C19H18N2O3S. The average Bonchev–Trinajstić information content (AvgIpc) is 2.60. The predicted molar refractivity (Wildman–Crippen MR) is 96.1 cm³/mol. The maximum atomic E-state index is 12.2. The number of H-pyrrole nitrogens is 1. The Bertz CT molecular complexity index is 941. The molecule has 25 heavy (non-hydrogen) atoms. The Kier molecular flexibility index (Phi) is 4.95. The molecule has 0 bridgehead atoms. The number of aromatic nitrogens is 1. The monoisotopic (exact) mass is 354 g/mol. The van der Waals surface area contributed by atoms with Crippen LogP contribution in [0.1, 0.15) is 51.0 Å². The van der Waals surface area contributed by atoms with E-state index in [4.69, 9.17) is 5.11 Å². The van der Waals surface area contributed by atoms with E-state index in [0.717, 1.165) is 53.0 Å². The van der Waals surface area contributed by atoms with Crippen LogP contribution in [-0.2, 0) is 18.6 Å². The van der Waals surface area contributed by atoms with Gasteiger partial charge in [0.05, 0.1) is 10.6 Å². The van der Waals surface area contributed by atoms with Gasteiger partial charge < -0.3 is 10.1 Å². The summed E-state index contributed by atoms with van der Waals surface area (Å²) in [5.41, 5.74) is 4.15. The first kappa shape index (κ1) is 17.3. The van der Waals surface area contributed by atoms with Crippen molar-refractivity contribution in [1.82, 2.24) is 4.98 Å². The second-order valence-electron chi connectivity index (χ2n) is 6.17. The van der Waals surface area contributed by atoms with Gasteiger partial charge in [0.15, 0.2) is 0 Å². The first-order valence-corrected chi connectivity index (χ1v) is 9.13. The van der Waals surface area contributed by atoms with Gasteiger partial charge in [0.1, 0.15) is 11.6 Å². The fourth-order valence-electron chi connectivity index (χ4n) is 3.19. The lowest BCUT2D eigenvalue weighted by atomic mass is 9.90. The standard InChI is InChI=1S/C19H18N2O3S/c1-11-8-12(19(23)24)6-7-13(11)10-25-18-15-5-3-2-4-14(15)16(9-20)17(22)21-18/h6-8H,2-5,10H2,1H3,(H,21,22)(H,23,24). The number of hydrogen-bond donors (Lipinski definition) is 2. The Morgan fingerprint density at radius 2 is 2.04 bits per heavy atom. The number of hydrogen-bond acceptors (Lipinski definition) is 4. The van der Waals surface area contributed by atoms with Crippen molar-refractivity contribution in [1.29, 1.82) is 5.26 Å². The Balaban J connectivity index is 1.90. The summed E-state index contributed by atoms with van der Waals surface area (Å²) in [7, 11) is 0. The van der Waals surface area contributed by atoms with E-state index in [-0.39, 0.29) is 16.7 Å². The number of pyridine rings is 1. The number of nitrogens with one attached hydrogen (secondary N) is 1. The first-order valence-electron chi connectivity index (χ1n) is 8.15. The normalized spacial score (nSPS) is 13.1. The fraction of sp³-hybridized carbons (Fsp3) is 0.316. The van der Waals surface area contributed by atoms with Gasteiger partial charge in [-0.15, -0.1) is 11.8 Å². The van der Waals surface area contributed by atoms with Crippen molar-refractivity contribution < 1.29 is 9.90 Å². The van der Waals surface area contributed by atoms with Crippen molar-refractivity contribution >= 4 is 17.7 Å². The Morgan fingerprint density at radius 3 is 2.68 bits per heavy atom. The third kappa shape index (κ3) is 3.47. The number of nitrogens with zero attached hydrogens (tertiary/aromatic N) is 1. The molecule has 0 saturated heterocycles. The minimum atomic E-state index is -0.937. The molecule has 3 rings (SSSR count). The quantitative estimate of drug-likeness (QED) is 0.821. The molecule has 2 N–H and O–H groups in total. The molecule has 0 fully saturated rings. The third-order valence-electron chi connectivity index (χ3n) is 4.57. The van der Waals surface area contributed by atoms with Crippen LogP contribution >= 0.6 is 11.8 Å². The maximum Gasteiger partial charge on any atom is 0.335 e. The van der Waals surface area contributed by atoms with Crippen molar-refractivity contribution in [3.05, 3.63) is 61.9 Å². The molecule has 1 heterocycles. The second kappa shape index (κ2) is 7.16. The molecule has 0 amide bonds. The lowest BCUT2D eigenvalue weighted by Gasteiger charge is -2.19. The summed E-state index contributed by atoms with van der Waals surface area (Å²) < 4.78 is 0. The summed E-state index contributed by atoms with van der Waals surface area (Å²) in [4.78, 5) is 26.1. The number of aromatic amines is 1. The van der Waals surface area contributed by atoms with Crippen molar-refractivity contribution in [3.63, 3.8) is 0 Å². The molecule has 5 nitrogen and oxygen atoms in total. The zero-order valence-electron chi connectivity index (χ0n) is 13.9. The molecule has 6 heteroatoms. The number of rotatable bonds is 4. The van der Waals surface area contributed by atoms with E-state index in [9.17, 15) is 14.9 Å². The number of carbonyl (C=O) groups is 1. The third-order valence-corrected chi connectivity index (χ3v) is 5.66. The molecule has 128 valence electrons. The Morgan fingerprint density at radius 1 is 1.32 bits per heavy atom. The summed E-state index contributed by atoms with van der Waals surface area (Å²) in [6.07, 6.45) is 3.72. The van der Waals surface area contributed by atoms with Crippen LogP contribution in [0.3, 0.4) is 0 Å². The van der Waals surface area contributed by atoms with Gasteiger partial charge in [0, 0.05) is 5.75 Å². The van der Waals surface area contributed by atoms with Gasteiger partial charge in [0.2, 0.25) is 0 Å². The number of carboxylic acids is 1. The van der Waals surface area contributed by atoms with Crippen LogP contribution in [-0.4, -0.2) is 16.1 Å². The van der Waals surface area contributed by atoms with Crippen LogP contribution in [0.25, 0.3) is 0 Å². The number of aryl methyl sites for hydroxylation is 1. The van der Waals surface area contributed by atoms with Gasteiger partial charge in [-0.3, -0.25) is 4.79 Å². The van der Waals surface area contributed by atoms with Crippen molar-refractivity contribution in [2.45, 2.75) is 43.4 Å². The summed E-state index contributed by atoms with van der Waals surface area (Å²) in [6, 6.07) is 7.12. The van der Waals surface area contributed by atoms with Crippen molar-refractivity contribution in [2.24, 2.45) is 0 Å². The molecular weight excluding hydrogens is 336 g/mol. The van der Waals surface area contributed by atoms with E-state index in [0.29, 0.717) is 5.75 Å². The largest absolute Gasteiger partial charge is 0.478 e. The summed E-state index contributed by atoms with van der Waals surface area (Å²) in [5.74, 6) is -0.298. The molecule has 0 aliphatic heterocycles. The number of carboxylic acid groups (broad SMARTS) is 1. The Labute approximate surface area is 149 Å². The predicted octanol–water partition coefficient (Wildman–Crippen LogP) is 3.42. The highest BCUT2D eigenvalue weighted by molar-refractivity contribution is 7.98. The second-order valence-corrected chi connectivity index (χ2v) is 7.15. The van der Waals surface area contributed by atoms with E-state index in [2.05, 4.69) is 4.98 Å². The average molecular weight is 354 g/mol. The summed E-state index contributed by atoms with van der Waals surface area (Å²) in [5, 5.41) is 19.1. The highest BCUT2D eigenvalue weighted by Crippen LogP contribution is 2.32. The van der Waals surface area contributed by atoms with E-state index < -0.39 is 5.97 Å². The van der Waals surface area contributed by atoms with Crippen LogP contribution in [0, 0.1) is 18.3 Å². The lowest BCUT2D eigenvalue weighted by Crippen LogP contribution is -2.20. The van der Waals surface area contributed by atoms with Crippen LogP contribution < -0.4 is 5.56 Å². The minimum Gasteiger partial charge on any atom is -0.478 e. The van der Waals surface area contributed by atoms with Crippen LogP contribution in [0.4, 0.5) is 0 Å².